The number of rotatable bonds is 2. The van der Waals surface area contributed by atoms with Crippen LogP contribution in [0.25, 0.3) is 0 Å². The van der Waals surface area contributed by atoms with Crippen LogP contribution in [0.5, 0.6) is 0 Å². The molecule has 0 aliphatic carbocycles. The fourth-order valence-corrected chi connectivity index (χ4v) is 2.12. The number of carbonyl (C=O) groups is 1. The first-order valence-electron chi connectivity index (χ1n) is 5.91. The average Bonchev–Trinajstić information content (AvgIpc) is 2.33. The van der Waals surface area contributed by atoms with Crippen molar-refractivity contribution < 1.29 is 9.53 Å². The van der Waals surface area contributed by atoms with Crippen molar-refractivity contribution in [2.75, 3.05) is 18.6 Å². The molecule has 0 aromatic heterocycles. The van der Waals surface area contributed by atoms with Gasteiger partial charge in [0.05, 0.1) is 6.61 Å². The Bertz CT molecular complexity index is 451. The second-order valence-electron chi connectivity index (χ2n) is 4.08. The molecule has 0 radical (unpaired) electrons. The molecule has 0 saturated carbocycles. The Morgan fingerprint density at radius 2 is 2.18 bits per heavy atom. The SMILES string of the molecule is CCOC(=O)/C=C1\CCc2ccccc2N1C. The molecule has 0 bridgehead atoms. The minimum atomic E-state index is -0.256. The fourth-order valence-electron chi connectivity index (χ4n) is 2.12. The molecule has 1 aromatic carbocycles. The van der Waals surface area contributed by atoms with Crippen LogP contribution in [0.2, 0.25) is 0 Å². The number of hydrogen-bond acceptors (Lipinski definition) is 3. The number of para-hydroxylation sites is 1. The Hall–Kier alpha value is -1.77. The summed E-state index contributed by atoms with van der Waals surface area (Å²) in [5, 5.41) is 0. The van der Waals surface area contributed by atoms with Crippen LogP contribution in [0.3, 0.4) is 0 Å². The lowest BCUT2D eigenvalue weighted by Crippen LogP contribution is -2.23. The number of benzene rings is 1. The van der Waals surface area contributed by atoms with Crippen molar-refractivity contribution in [3.8, 4) is 0 Å². The minimum Gasteiger partial charge on any atom is -0.463 e. The van der Waals surface area contributed by atoms with E-state index in [-0.39, 0.29) is 5.97 Å². The zero-order valence-corrected chi connectivity index (χ0v) is 10.3. The van der Waals surface area contributed by atoms with Crippen molar-refractivity contribution in [2.24, 2.45) is 0 Å². The Morgan fingerprint density at radius 1 is 1.41 bits per heavy atom. The van der Waals surface area contributed by atoms with Gasteiger partial charge in [0, 0.05) is 24.5 Å². The van der Waals surface area contributed by atoms with Crippen molar-refractivity contribution >= 4 is 11.7 Å². The summed E-state index contributed by atoms with van der Waals surface area (Å²) in [7, 11) is 1.99. The summed E-state index contributed by atoms with van der Waals surface area (Å²) in [4.78, 5) is 13.5. The molecule has 1 aliphatic heterocycles. The first-order chi connectivity index (χ1) is 8.22. The van der Waals surface area contributed by atoms with Gasteiger partial charge in [0.25, 0.3) is 0 Å². The maximum absolute atomic E-state index is 11.4. The van der Waals surface area contributed by atoms with Gasteiger partial charge in [0.1, 0.15) is 0 Å². The Morgan fingerprint density at radius 3 is 2.94 bits per heavy atom. The third-order valence-corrected chi connectivity index (χ3v) is 3.01. The largest absolute Gasteiger partial charge is 0.463 e. The predicted molar refractivity (Wildman–Crippen MR) is 67.9 cm³/mol. The van der Waals surface area contributed by atoms with Gasteiger partial charge in [-0.1, -0.05) is 18.2 Å². The highest BCUT2D eigenvalue weighted by molar-refractivity contribution is 5.84. The van der Waals surface area contributed by atoms with Crippen LogP contribution in [0.15, 0.2) is 36.0 Å². The normalized spacial score (nSPS) is 16.8. The lowest BCUT2D eigenvalue weighted by atomic mass is 9.99. The number of ether oxygens (including phenoxy) is 1. The zero-order valence-electron chi connectivity index (χ0n) is 10.3. The summed E-state index contributed by atoms with van der Waals surface area (Å²) in [6.45, 7) is 2.24. The van der Waals surface area contributed by atoms with Crippen molar-refractivity contribution in [3.05, 3.63) is 41.6 Å². The van der Waals surface area contributed by atoms with E-state index in [0.29, 0.717) is 6.61 Å². The van der Waals surface area contributed by atoms with Crippen LogP contribution in [-0.4, -0.2) is 19.6 Å². The Labute approximate surface area is 102 Å². The molecule has 17 heavy (non-hydrogen) atoms. The highest BCUT2D eigenvalue weighted by Crippen LogP contribution is 2.30. The number of carbonyl (C=O) groups excluding carboxylic acids is 1. The first kappa shape index (κ1) is 11.7. The van der Waals surface area contributed by atoms with Crippen LogP contribution in [0.4, 0.5) is 5.69 Å². The molecule has 0 amide bonds. The van der Waals surface area contributed by atoms with E-state index in [0.717, 1.165) is 18.5 Å². The number of nitrogens with zero attached hydrogens (tertiary/aromatic N) is 1. The molecule has 0 saturated heterocycles. The fraction of sp³-hybridized carbons (Fsp3) is 0.357. The van der Waals surface area contributed by atoms with Gasteiger partial charge in [-0.15, -0.1) is 0 Å². The van der Waals surface area contributed by atoms with E-state index in [1.54, 1.807) is 6.08 Å². The number of hydrogen-bond donors (Lipinski definition) is 0. The van der Waals surface area contributed by atoms with Crippen LogP contribution in [0.1, 0.15) is 18.9 Å². The van der Waals surface area contributed by atoms with Gasteiger partial charge in [0.15, 0.2) is 0 Å². The average molecular weight is 231 g/mol. The number of aryl methyl sites for hydroxylation is 1. The third-order valence-electron chi connectivity index (χ3n) is 3.01. The summed E-state index contributed by atoms with van der Waals surface area (Å²) in [5.74, 6) is -0.256. The molecular weight excluding hydrogens is 214 g/mol. The van der Waals surface area contributed by atoms with Gasteiger partial charge >= 0.3 is 5.97 Å². The van der Waals surface area contributed by atoms with Gasteiger partial charge < -0.3 is 9.64 Å². The molecule has 3 heteroatoms. The molecular formula is C14H17NO2. The number of allylic oxidation sites excluding steroid dienone is 1. The second kappa shape index (κ2) is 5.04. The molecule has 90 valence electrons. The van der Waals surface area contributed by atoms with Gasteiger partial charge in [0.2, 0.25) is 0 Å². The topological polar surface area (TPSA) is 29.5 Å². The lowest BCUT2D eigenvalue weighted by molar-refractivity contribution is -0.137. The van der Waals surface area contributed by atoms with Crippen molar-refractivity contribution in [2.45, 2.75) is 19.8 Å². The maximum atomic E-state index is 11.4. The van der Waals surface area contributed by atoms with Gasteiger partial charge in [-0.3, -0.25) is 0 Å². The molecule has 0 N–H and O–H groups in total. The highest BCUT2D eigenvalue weighted by Gasteiger charge is 2.18. The van der Waals surface area contributed by atoms with Crippen molar-refractivity contribution in [1.82, 2.24) is 0 Å². The lowest BCUT2D eigenvalue weighted by Gasteiger charge is -2.30. The zero-order chi connectivity index (χ0) is 12.3. The molecule has 0 unspecified atom stereocenters. The van der Waals surface area contributed by atoms with E-state index < -0.39 is 0 Å². The molecule has 1 heterocycles. The van der Waals surface area contributed by atoms with Crippen molar-refractivity contribution in [1.29, 1.82) is 0 Å². The number of fused-ring (bicyclic) bond motifs is 1. The van der Waals surface area contributed by atoms with Crippen LogP contribution in [0, 0.1) is 0 Å². The quantitative estimate of drug-likeness (QED) is 0.578. The monoisotopic (exact) mass is 231 g/mol. The van der Waals surface area contributed by atoms with E-state index >= 15 is 0 Å². The molecule has 1 aromatic rings. The summed E-state index contributed by atoms with van der Waals surface area (Å²) in [5.41, 5.74) is 3.52. The van der Waals surface area contributed by atoms with Crippen LogP contribution >= 0.6 is 0 Å². The number of anilines is 1. The van der Waals surface area contributed by atoms with E-state index in [1.165, 1.54) is 11.3 Å². The van der Waals surface area contributed by atoms with Crippen LogP contribution in [-0.2, 0) is 16.0 Å². The minimum absolute atomic E-state index is 0.256. The summed E-state index contributed by atoms with van der Waals surface area (Å²) in [6, 6.07) is 8.27. The predicted octanol–water partition coefficient (Wildman–Crippen LogP) is 2.52. The Kier molecular flexibility index (Phi) is 3.47. The van der Waals surface area contributed by atoms with Crippen LogP contribution < -0.4 is 4.90 Å². The van der Waals surface area contributed by atoms with E-state index in [9.17, 15) is 4.79 Å². The van der Waals surface area contributed by atoms with E-state index in [4.69, 9.17) is 4.74 Å². The molecule has 2 rings (SSSR count). The third kappa shape index (κ3) is 2.49. The summed E-state index contributed by atoms with van der Waals surface area (Å²) in [6.07, 6.45) is 3.46. The molecule has 0 spiro atoms. The van der Waals surface area contributed by atoms with Gasteiger partial charge in [-0.2, -0.15) is 0 Å². The molecule has 0 fully saturated rings. The standard InChI is InChI=1S/C14H17NO2/c1-3-17-14(16)10-12-9-8-11-6-4-5-7-13(11)15(12)2/h4-7,10H,3,8-9H2,1-2H3/b12-10+. The van der Waals surface area contributed by atoms with Gasteiger partial charge in [-0.25, -0.2) is 4.79 Å². The van der Waals surface area contributed by atoms with E-state index in [2.05, 4.69) is 17.0 Å². The van der Waals surface area contributed by atoms with Gasteiger partial charge in [-0.05, 0) is 31.4 Å². The number of esters is 1. The molecule has 1 aliphatic rings. The summed E-state index contributed by atoms with van der Waals surface area (Å²) >= 11 is 0. The van der Waals surface area contributed by atoms with E-state index in [1.807, 2.05) is 26.1 Å². The van der Waals surface area contributed by atoms with Crippen molar-refractivity contribution in [3.63, 3.8) is 0 Å². The highest BCUT2D eigenvalue weighted by atomic mass is 16.5. The smallest absolute Gasteiger partial charge is 0.332 e. The maximum Gasteiger partial charge on any atom is 0.332 e. The molecule has 0 atom stereocenters. The second-order valence-corrected chi connectivity index (χ2v) is 4.08. The first-order valence-corrected chi connectivity index (χ1v) is 5.91. The summed E-state index contributed by atoms with van der Waals surface area (Å²) < 4.78 is 4.94. The molecule has 3 nitrogen and oxygen atoms in total. The Balaban J connectivity index is 2.22.